The molecule has 1 aromatic carbocycles. The summed E-state index contributed by atoms with van der Waals surface area (Å²) in [5, 5.41) is -0.0964. The van der Waals surface area contributed by atoms with E-state index in [1.807, 2.05) is 6.07 Å². The van der Waals surface area contributed by atoms with Crippen LogP contribution in [0.25, 0.3) is 11.2 Å². The fraction of sp³-hybridized carbons (Fsp3) is 0.543. The van der Waals surface area contributed by atoms with Gasteiger partial charge in [0.25, 0.3) is 0 Å². The van der Waals surface area contributed by atoms with E-state index < -0.39 is 69.1 Å². The Kier molecular flexibility index (Phi) is 12.5. The molecule has 3 aromatic rings. The first-order chi connectivity index (χ1) is 24.6. The predicted octanol–water partition coefficient (Wildman–Crippen LogP) is 4.95. The Hall–Kier alpha value is -3.74. The largest absolute Gasteiger partial charge is 0.467 e. The molecule has 5 rings (SSSR count). The molecule has 0 N–H and O–H groups in total. The highest BCUT2D eigenvalue weighted by Crippen LogP contribution is 2.41. The summed E-state index contributed by atoms with van der Waals surface area (Å²) in [6.45, 7) is 17.1. The Labute approximate surface area is 311 Å². The fourth-order valence-electron chi connectivity index (χ4n) is 5.63. The molecule has 2 fully saturated rings. The Morgan fingerprint density at radius 3 is 2.37 bits per heavy atom. The smallest absolute Gasteiger partial charge is 0.338 e. The number of carbonyl (C=O) groups is 3. The van der Waals surface area contributed by atoms with E-state index in [2.05, 4.69) is 71.3 Å². The normalized spacial score (nSPS) is 24.8. The summed E-state index contributed by atoms with van der Waals surface area (Å²) in [5.41, 5.74) is 0.950. The summed E-state index contributed by atoms with van der Waals surface area (Å²) in [7, 11) is -2.25. The van der Waals surface area contributed by atoms with Crippen molar-refractivity contribution in [2.45, 2.75) is 95.6 Å². The van der Waals surface area contributed by atoms with Crippen LogP contribution >= 0.6 is 15.9 Å². The maximum absolute atomic E-state index is 12.6. The highest BCUT2D eigenvalue weighted by molar-refractivity contribution is 9.10. The van der Waals surface area contributed by atoms with Gasteiger partial charge in [0.2, 0.25) is 5.88 Å². The summed E-state index contributed by atoms with van der Waals surface area (Å²) in [5.74, 6) is -1.55. The number of ether oxygens (including phenoxy) is 7. The number of aromatic nitrogens is 4. The molecule has 2 aromatic heterocycles. The van der Waals surface area contributed by atoms with E-state index in [1.165, 1.54) is 20.2 Å². The van der Waals surface area contributed by atoms with E-state index in [-0.39, 0.29) is 53.2 Å². The molecule has 7 atom stereocenters. The van der Waals surface area contributed by atoms with Crippen LogP contribution in [-0.4, -0.2) is 109 Å². The minimum absolute atomic E-state index is 0.0743. The van der Waals surface area contributed by atoms with Gasteiger partial charge in [0.15, 0.2) is 48.8 Å². The van der Waals surface area contributed by atoms with Gasteiger partial charge in [-0.3, -0.25) is 14.2 Å². The second-order valence-electron chi connectivity index (χ2n) is 14.0. The number of halogens is 1. The number of rotatable bonds is 14. The standard InChI is InChI=1S/C35H45BrN4O11Si/c1-9-15-44-27-23(16-46-33(43)22-13-11-10-12-14-22)45-17-24(27)50-31-26-30(37-19-38-31)40(34(36)39-26)32-29(49-21(3)42)28(48-20(2)41)25(51-32)18-47-52(7,8)35(4,5)6/h9-14,19,23-25,27-29,32H,1,15-18H2,2-8H3/t23-,24-,25-,27-,28-,29-,32-/m1/s1. The minimum atomic E-state index is -2.25. The van der Waals surface area contributed by atoms with Crippen molar-refractivity contribution in [1.29, 1.82) is 0 Å². The topological polar surface area (TPSA) is 169 Å². The van der Waals surface area contributed by atoms with Crippen LogP contribution in [0.1, 0.15) is 51.2 Å². The van der Waals surface area contributed by atoms with Crippen LogP contribution in [-0.2, 0) is 42.4 Å². The molecule has 0 amide bonds. The van der Waals surface area contributed by atoms with Gasteiger partial charge < -0.3 is 37.6 Å². The SMILES string of the molecule is C=CCO[C@@H]1[C@@H](COC(=O)c2ccccc2)OC[C@H]1Oc1ncnc2c1nc(Br)n2[C@@H]1O[C@H](CO[Si](C)(C)C(C)(C)C)[C@@H](OC(C)=O)[C@H]1OC(C)=O. The van der Waals surface area contributed by atoms with Gasteiger partial charge in [0.05, 0.1) is 25.4 Å². The van der Waals surface area contributed by atoms with Crippen LogP contribution < -0.4 is 4.74 Å². The number of imidazole rings is 1. The number of benzene rings is 1. The molecule has 282 valence electrons. The van der Waals surface area contributed by atoms with E-state index in [9.17, 15) is 14.4 Å². The van der Waals surface area contributed by atoms with Crippen molar-refractivity contribution >= 4 is 53.3 Å². The van der Waals surface area contributed by atoms with Gasteiger partial charge in [-0.2, -0.15) is 4.98 Å². The van der Waals surface area contributed by atoms with Crippen molar-refractivity contribution in [1.82, 2.24) is 19.5 Å². The molecule has 0 saturated carbocycles. The summed E-state index contributed by atoms with van der Waals surface area (Å²) in [6.07, 6.45) is -2.98. The highest BCUT2D eigenvalue weighted by Gasteiger charge is 2.52. The molecule has 2 saturated heterocycles. The van der Waals surface area contributed by atoms with Gasteiger partial charge in [-0.1, -0.05) is 45.0 Å². The molecule has 0 spiro atoms. The highest BCUT2D eigenvalue weighted by atomic mass is 79.9. The van der Waals surface area contributed by atoms with Gasteiger partial charge in [-0.15, -0.1) is 6.58 Å². The Bertz CT molecular complexity index is 1750. The lowest BCUT2D eigenvalue weighted by Gasteiger charge is -2.37. The average Bonchev–Trinajstić information content (AvgIpc) is 3.73. The Morgan fingerprint density at radius 2 is 1.71 bits per heavy atom. The third-order valence-electron chi connectivity index (χ3n) is 9.22. The van der Waals surface area contributed by atoms with E-state index in [0.29, 0.717) is 5.56 Å². The monoisotopic (exact) mass is 804 g/mol. The van der Waals surface area contributed by atoms with Crippen LogP contribution in [0.5, 0.6) is 5.88 Å². The third kappa shape index (κ3) is 8.89. The molecule has 17 heteroatoms. The molecule has 52 heavy (non-hydrogen) atoms. The summed E-state index contributed by atoms with van der Waals surface area (Å²) >= 11 is 3.52. The van der Waals surface area contributed by atoms with Crippen molar-refractivity contribution in [3.05, 3.63) is 59.6 Å². The number of hydrogen-bond donors (Lipinski definition) is 0. The summed E-state index contributed by atoms with van der Waals surface area (Å²) in [4.78, 5) is 50.8. The molecule has 0 aliphatic carbocycles. The van der Waals surface area contributed by atoms with E-state index in [0.717, 1.165) is 0 Å². The van der Waals surface area contributed by atoms with Crippen LogP contribution in [0.2, 0.25) is 18.1 Å². The first-order valence-corrected chi connectivity index (χ1v) is 20.6. The molecule has 15 nitrogen and oxygen atoms in total. The molecule has 0 unspecified atom stereocenters. The molecule has 0 radical (unpaired) electrons. The number of carbonyl (C=O) groups excluding carboxylic acids is 3. The maximum atomic E-state index is 12.6. The van der Waals surface area contributed by atoms with Crippen molar-refractivity contribution in [3.8, 4) is 5.88 Å². The Balaban J connectivity index is 1.41. The average molecular weight is 806 g/mol. The zero-order valence-electron chi connectivity index (χ0n) is 30.3. The third-order valence-corrected chi connectivity index (χ3v) is 14.3. The number of nitrogens with zero attached hydrogens (tertiary/aromatic N) is 4. The van der Waals surface area contributed by atoms with Gasteiger partial charge >= 0.3 is 17.9 Å². The number of hydrogen-bond acceptors (Lipinski definition) is 14. The van der Waals surface area contributed by atoms with Crippen molar-refractivity contribution in [3.63, 3.8) is 0 Å². The fourth-order valence-corrected chi connectivity index (χ4v) is 7.19. The first kappa shape index (κ1) is 39.5. The van der Waals surface area contributed by atoms with Crippen LogP contribution in [0.4, 0.5) is 0 Å². The van der Waals surface area contributed by atoms with Crippen LogP contribution in [0, 0.1) is 0 Å². The Morgan fingerprint density at radius 1 is 1.02 bits per heavy atom. The van der Waals surface area contributed by atoms with Gasteiger partial charge in [0.1, 0.15) is 31.2 Å². The molecular weight excluding hydrogens is 760 g/mol. The maximum Gasteiger partial charge on any atom is 0.338 e. The van der Waals surface area contributed by atoms with E-state index >= 15 is 0 Å². The van der Waals surface area contributed by atoms with Crippen molar-refractivity contribution < 1.29 is 52.0 Å². The first-order valence-electron chi connectivity index (χ1n) is 16.9. The van der Waals surface area contributed by atoms with Crippen LogP contribution in [0.3, 0.4) is 0 Å². The zero-order valence-corrected chi connectivity index (χ0v) is 32.9. The van der Waals surface area contributed by atoms with Gasteiger partial charge in [-0.25, -0.2) is 14.8 Å². The van der Waals surface area contributed by atoms with Gasteiger partial charge in [0, 0.05) is 13.8 Å². The number of fused-ring (bicyclic) bond motifs is 1. The van der Waals surface area contributed by atoms with E-state index in [1.54, 1.807) is 34.9 Å². The zero-order chi connectivity index (χ0) is 37.8. The van der Waals surface area contributed by atoms with Gasteiger partial charge in [-0.05, 0) is 46.2 Å². The predicted molar refractivity (Wildman–Crippen MR) is 192 cm³/mol. The number of esters is 3. The lowest BCUT2D eigenvalue weighted by atomic mass is 10.1. The molecule has 2 aliphatic rings. The second-order valence-corrected chi connectivity index (χ2v) is 19.5. The molecule has 4 heterocycles. The van der Waals surface area contributed by atoms with Crippen molar-refractivity contribution in [2.75, 3.05) is 26.4 Å². The summed E-state index contributed by atoms with van der Waals surface area (Å²) in [6, 6.07) is 8.64. The second kappa shape index (κ2) is 16.5. The molecule has 0 bridgehead atoms. The van der Waals surface area contributed by atoms with Crippen LogP contribution in [0.15, 0.2) is 54.0 Å². The minimum Gasteiger partial charge on any atom is -0.467 e. The van der Waals surface area contributed by atoms with E-state index in [4.69, 9.17) is 37.6 Å². The summed E-state index contributed by atoms with van der Waals surface area (Å²) < 4.78 is 50.2. The lowest BCUT2D eigenvalue weighted by Crippen LogP contribution is -2.46. The lowest BCUT2D eigenvalue weighted by molar-refractivity contribution is -0.165. The quantitative estimate of drug-likeness (QED) is 0.0706. The molecule has 2 aliphatic heterocycles. The van der Waals surface area contributed by atoms with Crippen molar-refractivity contribution in [2.24, 2.45) is 0 Å². The molecular formula is C35H45BrN4O11Si.